The molecule has 4 nitrogen and oxygen atoms in total. The molecule has 0 saturated carbocycles. The topological polar surface area (TPSA) is 47.7 Å². The normalized spacial score (nSPS) is 16.5. The second-order valence-corrected chi connectivity index (χ2v) is 5.78. The summed E-state index contributed by atoms with van der Waals surface area (Å²) < 4.78 is 10.6. The molecule has 1 aliphatic heterocycles. The van der Waals surface area contributed by atoms with Crippen LogP contribution in [-0.2, 0) is 6.42 Å². The van der Waals surface area contributed by atoms with Crippen LogP contribution in [0.5, 0.6) is 11.5 Å². The maximum absolute atomic E-state index is 6.03. The Labute approximate surface area is 128 Å². The highest BCUT2D eigenvalue weighted by atomic mass is 16.5. The molecule has 0 aliphatic carbocycles. The summed E-state index contributed by atoms with van der Waals surface area (Å²) in [7, 11) is 3.27. The molecular weight excluding hydrogens is 264 g/mol. The maximum Gasteiger partial charge on any atom is 0.183 e. The lowest BCUT2D eigenvalue weighted by molar-refractivity contribution is 0.281. The first kappa shape index (κ1) is 16.0. The highest BCUT2D eigenvalue weighted by Crippen LogP contribution is 2.34. The van der Waals surface area contributed by atoms with Crippen LogP contribution < -0.4 is 15.2 Å². The smallest absolute Gasteiger partial charge is 0.183 e. The van der Waals surface area contributed by atoms with Crippen LogP contribution in [0.1, 0.15) is 37.7 Å². The first-order valence-corrected chi connectivity index (χ1v) is 7.97. The molecule has 1 saturated heterocycles. The van der Waals surface area contributed by atoms with Gasteiger partial charge in [0.1, 0.15) is 0 Å². The molecule has 1 aromatic rings. The summed E-state index contributed by atoms with van der Waals surface area (Å²) in [5, 5.41) is 0. The number of ether oxygens (including phenoxy) is 2. The van der Waals surface area contributed by atoms with Crippen molar-refractivity contribution in [3.8, 4) is 11.5 Å². The molecule has 21 heavy (non-hydrogen) atoms. The molecule has 0 atom stereocenters. The minimum Gasteiger partial charge on any atom is -0.493 e. The summed E-state index contributed by atoms with van der Waals surface area (Å²) >= 11 is 0. The number of aryl methyl sites for hydroxylation is 1. The fourth-order valence-electron chi connectivity index (χ4n) is 3.06. The van der Waals surface area contributed by atoms with E-state index in [1.165, 1.54) is 50.9 Å². The van der Waals surface area contributed by atoms with E-state index in [0.717, 1.165) is 18.6 Å². The zero-order valence-electron chi connectivity index (χ0n) is 13.4. The van der Waals surface area contributed by atoms with Crippen LogP contribution >= 0.6 is 0 Å². The third-order valence-electron chi connectivity index (χ3n) is 4.21. The van der Waals surface area contributed by atoms with E-state index in [9.17, 15) is 0 Å². The van der Waals surface area contributed by atoms with Gasteiger partial charge in [-0.3, -0.25) is 0 Å². The van der Waals surface area contributed by atoms with Gasteiger partial charge in [-0.1, -0.05) is 12.8 Å². The number of hydrogen-bond donors (Lipinski definition) is 1. The number of benzene rings is 1. The average Bonchev–Trinajstić information content (AvgIpc) is 2.75. The summed E-state index contributed by atoms with van der Waals surface area (Å²) in [5.41, 5.74) is 7.90. The molecule has 2 N–H and O–H groups in total. The minimum atomic E-state index is 0.633. The number of anilines is 1. The Morgan fingerprint density at radius 2 is 1.76 bits per heavy atom. The van der Waals surface area contributed by atoms with Crippen molar-refractivity contribution in [2.24, 2.45) is 0 Å². The van der Waals surface area contributed by atoms with Gasteiger partial charge in [0.05, 0.1) is 19.9 Å². The van der Waals surface area contributed by atoms with Crippen molar-refractivity contribution in [3.05, 3.63) is 17.7 Å². The molecule has 1 fully saturated rings. The summed E-state index contributed by atoms with van der Waals surface area (Å²) in [6, 6.07) is 4.04. The van der Waals surface area contributed by atoms with Crippen LogP contribution in [0.15, 0.2) is 12.1 Å². The van der Waals surface area contributed by atoms with Crippen molar-refractivity contribution < 1.29 is 9.47 Å². The van der Waals surface area contributed by atoms with Crippen molar-refractivity contribution in [2.45, 2.75) is 38.5 Å². The zero-order valence-corrected chi connectivity index (χ0v) is 13.4. The predicted molar refractivity (Wildman–Crippen MR) is 87.2 cm³/mol. The molecule has 1 aliphatic rings. The first-order valence-electron chi connectivity index (χ1n) is 7.97. The molecule has 0 bridgehead atoms. The Bertz CT molecular complexity index is 441. The lowest BCUT2D eigenvalue weighted by Crippen LogP contribution is -2.26. The molecule has 0 radical (unpaired) electrons. The van der Waals surface area contributed by atoms with Gasteiger partial charge in [0.2, 0.25) is 0 Å². The molecule has 1 aromatic carbocycles. The van der Waals surface area contributed by atoms with Gasteiger partial charge in [-0.05, 0) is 63.0 Å². The fraction of sp³-hybridized carbons (Fsp3) is 0.647. The second kappa shape index (κ2) is 8.13. The largest absolute Gasteiger partial charge is 0.493 e. The number of nitrogen functional groups attached to an aromatic ring is 1. The summed E-state index contributed by atoms with van der Waals surface area (Å²) in [5.74, 6) is 1.36. The molecular formula is C17H28N2O2. The lowest BCUT2D eigenvalue weighted by Gasteiger charge is -2.19. The van der Waals surface area contributed by atoms with E-state index in [1.807, 2.05) is 12.1 Å². The van der Waals surface area contributed by atoms with Crippen LogP contribution in [0.2, 0.25) is 0 Å². The van der Waals surface area contributed by atoms with Crippen LogP contribution in [0.3, 0.4) is 0 Å². The van der Waals surface area contributed by atoms with Gasteiger partial charge in [-0.2, -0.15) is 0 Å². The van der Waals surface area contributed by atoms with Gasteiger partial charge in [0.15, 0.2) is 11.5 Å². The summed E-state index contributed by atoms with van der Waals surface area (Å²) in [6.45, 7) is 3.69. The van der Waals surface area contributed by atoms with Crippen molar-refractivity contribution >= 4 is 5.69 Å². The Morgan fingerprint density at radius 3 is 2.38 bits per heavy atom. The number of likely N-dealkylation sites (tertiary alicyclic amines) is 1. The van der Waals surface area contributed by atoms with E-state index in [0.29, 0.717) is 11.4 Å². The zero-order chi connectivity index (χ0) is 15.1. The average molecular weight is 292 g/mol. The molecule has 0 amide bonds. The quantitative estimate of drug-likeness (QED) is 0.819. The summed E-state index contributed by atoms with van der Waals surface area (Å²) in [6.07, 6.45) is 7.67. The third-order valence-corrected chi connectivity index (χ3v) is 4.21. The van der Waals surface area contributed by atoms with Crippen LogP contribution in [0.25, 0.3) is 0 Å². The maximum atomic E-state index is 6.03. The number of hydrogen-bond acceptors (Lipinski definition) is 4. The molecule has 0 spiro atoms. The van der Waals surface area contributed by atoms with Crippen LogP contribution in [0.4, 0.5) is 5.69 Å². The van der Waals surface area contributed by atoms with E-state index >= 15 is 0 Å². The number of nitrogens with zero attached hydrogens (tertiary/aromatic N) is 1. The molecule has 0 unspecified atom stereocenters. The van der Waals surface area contributed by atoms with Crippen LogP contribution in [-0.4, -0.2) is 38.8 Å². The summed E-state index contributed by atoms with van der Waals surface area (Å²) in [4.78, 5) is 2.59. The van der Waals surface area contributed by atoms with Crippen molar-refractivity contribution in [1.29, 1.82) is 0 Å². The molecule has 1 heterocycles. The Balaban J connectivity index is 1.89. The molecule has 118 valence electrons. The molecule has 0 aromatic heterocycles. The van der Waals surface area contributed by atoms with Gasteiger partial charge >= 0.3 is 0 Å². The van der Waals surface area contributed by atoms with Gasteiger partial charge in [0, 0.05) is 0 Å². The highest BCUT2D eigenvalue weighted by Gasteiger charge is 2.11. The predicted octanol–water partition coefficient (Wildman–Crippen LogP) is 3.09. The van der Waals surface area contributed by atoms with Crippen molar-refractivity contribution in [1.82, 2.24) is 4.90 Å². The second-order valence-electron chi connectivity index (χ2n) is 5.78. The Hall–Kier alpha value is -1.42. The third kappa shape index (κ3) is 4.53. The Kier molecular flexibility index (Phi) is 6.18. The monoisotopic (exact) mass is 292 g/mol. The highest BCUT2D eigenvalue weighted by molar-refractivity contribution is 5.62. The standard InChI is InChI=1S/C17H28N2O2/c1-20-16-13-14(12-15(18)17(16)21-2)8-7-11-19-9-5-3-4-6-10-19/h12-13H,3-11,18H2,1-2H3. The SMILES string of the molecule is COc1cc(CCCN2CCCCCC2)cc(N)c1OC. The van der Waals surface area contributed by atoms with Gasteiger partial charge in [-0.25, -0.2) is 0 Å². The number of rotatable bonds is 6. The van der Waals surface area contributed by atoms with Gasteiger partial charge in [0.25, 0.3) is 0 Å². The van der Waals surface area contributed by atoms with E-state index in [1.54, 1.807) is 14.2 Å². The van der Waals surface area contributed by atoms with Crippen molar-refractivity contribution in [3.63, 3.8) is 0 Å². The minimum absolute atomic E-state index is 0.633. The lowest BCUT2D eigenvalue weighted by atomic mass is 10.1. The number of nitrogens with two attached hydrogens (primary N) is 1. The molecule has 4 heteroatoms. The van der Waals surface area contributed by atoms with Crippen molar-refractivity contribution in [2.75, 3.05) is 39.6 Å². The first-order chi connectivity index (χ1) is 10.2. The number of methoxy groups -OCH3 is 2. The van der Waals surface area contributed by atoms with E-state index < -0.39 is 0 Å². The van der Waals surface area contributed by atoms with E-state index in [2.05, 4.69) is 4.90 Å². The van der Waals surface area contributed by atoms with Crippen LogP contribution in [0, 0.1) is 0 Å². The van der Waals surface area contributed by atoms with Gasteiger partial charge < -0.3 is 20.1 Å². The van der Waals surface area contributed by atoms with Gasteiger partial charge in [-0.15, -0.1) is 0 Å². The Morgan fingerprint density at radius 1 is 1.05 bits per heavy atom. The van der Waals surface area contributed by atoms with E-state index in [-0.39, 0.29) is 0 Å². The molecule has 2 rings (SSSR count). The van der Waals surface area contributed by atoms with E-state index in [4.69, 9.17) is 15.2 Å². The fourth-order valence-corrected chi connectivity index (χ4v) is 3.06.